The average Bonchev–Trinajstić information content (AvgIpc) is 2.02. The van der Waals surface area contributed by atoms with Crippen LogP contribution in [-0.4, -0.2) is 15.1 Å². The van der Waals surface area contributed by atoms with Crippen molar-refractivity contribution in [2.24, 2.45) is 0 Å². The topological polar surface area (TPSA) is 0 Å². The highest BCUT2D eigenvalue weighted by Gasteiger charge is 2.11. The summed E-state index contributed by atoms with van der Waals surface area (Å²) in [5.74, 6) is 1.09. The summed E-state index contributed by atoms with van der Waals surface area (Å²) in [7, 11) is 3.82. The fourth-order valence-electron chi connectivity index (χ4n) is 2.32. The molecule has 1 saturated carbocycles. The van der Waals surface area contributed by atoms with Crippen LogP contribution in [0.1, 0.15) is 44.9 Å². The van der Waals surface area contributed by atoms with Crippen LogP contribution in [0.4, 0.5) is 0 Å². The maximum absolute atomic E-state index is 2.31. The highest BCUT2D eigenvalue weighted by molar-refractivity contribution is 6.39. The Balaban J connectivity index is 2.11. The van der Waals surface area contributed by atoms with E-state index >= 15 is 0 Å². The van der Waals surface area contributed by atoms with E-state index in [2.05, 4.69) is 7.85 Å². The molecule has 1 aliphatic rings. The smallest absolute Gasteiger partial charge is 0.0876 e. The lowest BCUT2D eigenvalue weighted by Crippen LogP contribution is -2.05. The zero-order valence-electron chi connectivity index (χ0n) is 8.65. The largest absolute Gasteiger partial charge is 0.123 e. The zero-order chi connectivity index (χ0) is 8.65. The lowest BCUT2D eigenvalue weighted by Gasteiger charge is -2.18. The van der Waals surface area contributed by atoms with Crippen molar-refractivity contribution < 1.29 is 0 Å². The zero-order valence-corrected chi connectivity index (χ0v) is 8.65. The maximum atomic E-state index is 2.31. The van der Waals surface area contributed by atoms with E-state index in [1.807, 2.05) is 0 Å². The van der Waals surface area contributed by atoms with Crippen LogP contribution in [0.3, 0.4) is 0 Å². The first-order valence-corrected chi connectivity index (χ1v) is 5.93. The highest BCUT2D eigenvalue weighted by atomic mass is 14.1. The van der Waals surface area contributed by atoms with Crippen LogP contribution in [0, 0.1) is 0 Å². The number of rotatable bonds is 3. The summed E-state index contributed by atoms with van der Waals surface area (Å²) >= 11 is 0. The molecule has 0 amide bonds. The predicted molar refractivity (Wildman–Crippen MR) is 61.4 cm³/mol. The summed E-state index contributed by atoms with van der Waals surface area (Å²) in [6, 6.07) is 0. The van der Waals surface area contributed by atoms with Gasteiger partial charge in [-0.3, -0.25) is 0 Å². The molecule has 1 rings (SSSR count). The second-order valence-electron chi connectivity index (χ2n) is 4.35. The molecule has 2 heteroatoms. The monoisotopic (exact) mass is 164 g/mol. The van der Waals surface area contributed by atoms with Crippen molar-refractivity contribution in [3.05, 3.63) is 0 Å². The van der Waals surface area contributed by atoms with Crippen LogP contribution in [0.25, 0.3) is 0 Å². The molecule has 0 atom stereocenters. The van der Waals surface area contributed by atoms with Gasteiger partial charge in [0.25, 0.3) is 0 Å². The second-order valence-corrected chi connectivity index (χ2v) is 4.35. The Hall–Kier alpha value is 0.130. The van der Waals surface area contributed by atoms with Crippen molar-refractivity contribution in [3.8, 4) is 0 Å². The molecule has 0 nitrogen and oxygen atoms in total. The molecule has 1 aliphatic carbocycles. The van der Waals surface area contributed by atoms with E-state index in [0.29, 0.717) is 0 Å². The fourth-order valence-corrected chi connectivity index (χ4v) is 2.32. The molecule has 0 aliphatic heterocycles. The van der Waals surface area contributed by atoms with Gasteiger partial charge in [-0.2, -0.15) is 0 Å². The van der Waals surface area contributed by atoms with Gasteiger partial charge in [0.15, 0.2) is 0 Å². The molecule has 0 unspecified atom stereocenters. The van der Waals surface area contributed by atoms with Crippen molar-refractivity contribution in [1.29, 1.82) is 0 Å². The maximum Gasteiger partial charge on any atom is 0.123 e. The van der Waals surface area contributed by atoms with Gasteiger partial charge in [0, 0.05) is 0 Å². The Morgan fingerprint density at radius 1 is 1.00 bits per heavy atom. The van der Waals surface area contributed by atoms with Gasteiger partial charge in [-0.1, -0.05) is 63.4 Å². The first-order valence-electron chi connectivity index (χ1n) is 5.93. The summed E-state index contributed by atoms with van der Waals surface area (Å²) < 4.78 is 0. The molecule has 0 aromatic carbocycles. The minimum absolute atomic E-state index is 1.09. The molecular formula is C10H22B2. The van der Waals surface area contributed by atoms with Crippen molar-refractivity contribution in [2.75, 3.05) is 0 Å². The Labute approximate surface area is 79.2 Å². The van der Waals surface area contributed by atoms with Gasteiger partial charge in [0.05, 0.1) is 7.85 Å². The van der Waals surface area contributed by atoms with Crippen molar-refractivity contribution >= 4 is 15.1 Å². The molecule has 1 fully saturated rings. The molecule has 0 radical (unpaired) electrons. The molecule has 68 valence electrons. The standard InChI is InChI=1S/C10H22B2/c11-8-9-12-10-6-4-2-1-3-5-7-10/h10,12H,1-9,11H2. The van der Waals surface area contributed by atoms with Crippen molar-refractivity contribution in [2.45, 2.75) is 63.4 Å². The van der Waals surface area contributed by atoms with Gasteiger partial charge in [-0.25, -0.2) is 0 Å². The van der Waals surface area contributed by atoms with E-state index in [9.17, 15) is 0 Å². The Morgan fingerprint density at radius 2 is 1.58 bits per heavy atom. The molecular weight excluding hydrogens is 142 g/mol. The van der Waals surface area contributed by atoms with Gasteiger partial charge in [-0.15, -0.1) is 0 Å². The van der Waals surface area contributed by atoms with Crippen LogP contribution in [0.2, 0.25) is 18.5 Å². The van der Waals surface area contributed by atoms with Gasteiger partial charge >= 0.3 is 0 Å². The van der Waals surface area contributed by atoms with Crippen LogP contribution < -0.4 is 0 Å². The lowest BCUT2D eigenvalue weighted by molar-refractivity contribution is 0.501. The summed E-state index contributed by atoms with van der Waals surface area (Å²) in [5.41, 5.74) is 0. The van der Waals surface area contributed by atoms with Crippen LogP contribution in [0.15, 0.2) is 0 Å². The molecule has 12 heavy (non-hydrogen) atoms. The van der Waals surface area contributed by atoms with E-state index in [4.69, 9.17) is 0 Å². The fraction of sp³-hybridized carbons (Fsp3) is 1.00. The Kier molecular flexibility index (Phi) is 5.64. The minimum atomic E-state index is 1.09. The minimum Gasteiger partial charge on any atom is -0.0876 e. The molecule has 0 aromatic rings. The molecule has 0 bridgehead atoms. The first kappa shape index (κ1) is 10.2. The van der Waals surface area contributed by atoms with Crippen LogP contribution in [-0.2, 0) is 0 Å². The summed E-state index contributed by atoms with van der Waals surface area (Å²) in [5, 5.41) is 0. The molecule has 0 N–H and O–H groups in total. The predicted octanol–water partition coefficient (Wildman–Crippen LogP) is 2.43. The van der Waals surface area contributed by atoms with Crippen molar-refractivity contribution in [1.82, 2.24) is 0 Å². The molecule has 0 heterocycles. The number of hydrogen-bond acceptors (Lipinski definition) is 0. The van der Waals surface area contributed by atoms with Gasteiger partial charge in [0.1, 0.15) is 7.28 Å². The normalized spacial score (nSPS) is 21.3. The molecule has 0 saturated heterocycles. The van der Waals surface area contributed by atoms with Gasteiger partial charge < -0.3 is 0 Å². The Morgan fingerprint density at radius 3 is 2.17 bits per heavy atom. The van der Waals surface area contributed by atoms with Crippen LogP contribution >= 0.6 is 0 Å². The third kappa shape index (κ3) is 4.23. The third-order valence-corrected chi connectivity index (χ3v) is 3.19. The second kappa shape index (κ2) is 6.62. The first-order chi connectivity index (χ1) is 5.93. The van der Waals surface area contributed by atoms with Gasteiger partial charge in [-0.05, 0) is 0 Å². The SMILES string of the molecule is BCCBC1CCCCCCC1. The molecule has 0 spiro atoms. The van der Waals surface area contributed by atoms with E-state index in [1.54, 1.807) is 0 Å². The molecule has 0 aromatic heterocycles. The Bertz CT molecular complexity index is 93.3. The summed E-state index contributed by atoms with van der Waals surface area (Å²) in [4.78, 5) is 0. The average molecular weight is 164 g/mol. The van der Waals surface area contributed by atoms with E-state index < -0.39 is 0 Å². The van der Waals surface area contributed by atoms with E-state index in [1.165, 1.54) is 64.9 Å². The van der Waals surface area contributed by atoms with Crippen molar-refractivity contribution in [3.63, 3.8) is 0 Å². The quantitative estimate of drug-likeness (QED) is 0.561. The van der Waals surface area contributed by atoms with E-state index in [0.717, 1.165) is 5.82 Å². The third-order valence-electron chi connectivity index (χ3n) is 3.19. The highest BCUT2D eigenvalue weighted by Crippen LogP contribution is 2.26. The van der Waals surface area contributed by atoms with Gasteiger partial charge in [0.2, 0.25) is 0 Å². The lowest BCUT2D eigenvalue weighted by atomic mass is 9.56. The van der Waals surface area contributed by atoms with E-state index in [-0.39, 0.29) is 0 Å². The van der Waals surface area contributed by atoms with Crippen LogP contribution in [0.5, 0.6) is 0 Å². The summed E-state index contributed by atoms with van der Waals surface area (Å²) in [6.45, 7) is 0. The number of hydrogen-bond donors (Lipinski definition) is 0. The summed E-state index contributed by atoms with van der Waals surface area (Å²) in [6.07, 6.45) is 13.4.